The van der Waals surface area contributed by atoms with Crippen LogP contribution in [0.2, 0.25) is 0 Å². The van der Waals surface area contributed by atoms with Crippen molar-refractivity contribution in [2.75, 3.05) is 67.1 Å². The largest absolute Gasteiger partial charge is 0.372 e. The van der Waals surface area contributed by atoms with Crippen LogP contribution in [0, 0.1) is 19.8 Å². The number of hydrogen-bond acceptors (Lipinski definition) is 13. The SMILES string of the molecule is Cc1cc(-c2ncnc3nc(-c4ccc(N5CCN(CC6CCN(c7ccc(N8CCC(=O)NC8=O)c(C)c7)CC6)CC5)nc4)[nH]c23)ccc1C(C)NC(=O)c1nc(C(C)(C)C)no1. The molecule has 9 rings (SSSR count). The number of rotatable bonds is 10. The molecule has 3 saturated heterocycles. The molecule has 0 saturated carbocycles. The molecule has 1 unspecified atom stereocenters. The summed E-state index contributed by atoms with van der Waals surface area (Å²) in [6.45, 7) is 19.2. The second-order valence-corrected chi connectivity index (χ2v) is 18.3. The summed E-state index contributed by atoms with van der Waals surface area (Å²) in [4.78, 5) is 72.6. The lowest BCUT2D eigenvalue weighted by Crippen LogP contribution is -2.49. The number of piperazine rings is 1. The van der Waals surface area contributed by atoms with E-state index in [4.69, 9.17) is 14.5 Å². The molecule has 4 aromatic heterocycles. The number of aromatic nitrogens is 7. The van der Waals surface area contributed by atoms with Crippen LogP contribution in [0.4, 0.5) is 22.0 Å². The van der Waals surface area contributed by atoms with Crippen LogP contribution >= 0.6 is 0 Å². The van der Waals surface area contributed by atoms with E-state index in [1.165, 1.54) is 12.0 Å². The normalized spacial score (nSPS) is 17.2. The van der Waals surface area contributed by atoms with Crippen LogP contribution in [-0.4, -0.2) is 110 Å². The number of H-pyrrole nitrogens is 1. The van der Waals surface area contributed by atoms with E-state index < -0.39 is 5.91 Å². The molecule has 332 valence electrons. The van der Waals surface area contributed by atoms with Crippen molar-refractivity contribution in [2.45, 2.75) is 72.3 Å². The van der Waals surface area contributed by atoms with Crippen molar-refractivity contribution >= 4 is 46.2 Å². The molecular formula is C47H55N13O4. The summed E-state index contributed by atoms with van der Waals surface area (Å²) in [5.74, 6) is 2.06. The molecule has 64 heavy (non-hydrogen) atoms. The minimum Gasteiger partial charge on any atom is -0.372 e. The quantitative estimate of drug-likeness (QED) is 0.138. The summed E-state index contributed by atoms with van der Waals surface area (Å²) in [6.07, 6.45) is 6.00. The molecule has 3 aliphatic heterocycles. The highest BCUT2D eigenvalue weighted by atomic mass is 16.5. The maximum absolute atomic E-state index is 12.9. The number of pyridine rings is 1. The number of anilines is 3. The van der Waals surface area contributed by atoms with Crippen molar-refractivity contribution in [3.63, 3.8) is 0 Å². The van der Waals surface area contributed by atoms with Crippen molar-refractivity contribution in [3.8, 4) is 22.6 Å². The first-order valence-electron chi connectivity index (χ1n) is 22.1. The Morgan fingerprint density at radius 3 is 2.34 bits per heavy atom. The predicted molar refractivity (Wildman–Crippen MR) is 244 cm³/mol. The lowest BCUT2D eigenvalue weighted by Gasteiger charge is -2.40. The number of aryl methyl sites for hydroxylation is 2. The van der Waals surface area contributed by atoms with Crippen LogP contribution in [-0.2, 0) is 10.2 Å². The molecule has 17 nitrogen and oxygen atoms in total. The number of carbonyl (C=O) groups excluding carboxylic acids is 3. The molecular weight excluding hydrogens is 811 g/mol. The third-order valence-electron chi connectivity index (χ3n) is 12.7. The number of imide groups is 1. The Hall–Kier alpha value is -6.75. The van der Waals surface area contributed by atoms with E-state index in [-0.39, 0.29) is 29.3 Å². The second kappa shape index (κ2) is 17.4. The zero-order valence-corrected chi connectivity index (χ0v) is 37.3. The molecule has 0 radical (unpaired) electrons. The van der Waals surface area contributed by atoms with E-state index in [1.54, 1.807) is 4.90 Å². The first-order chi connectivity index (χ1) is 30.8. The molecule has 17 heteroatoms. The Morgan fingerprint density at radius 1 is 0.875 bits per heavy atom. The zero-order valence-electron chi connectivity index (χ0n) is 37.3. The summed E-state index contributed by atoms with van der Waals surface area (Å²) in [7, 11) is 0. The number of aromatic amines is 1. The Balaban J connectivity index is 0.771. The number of nitrogens with one attached hydrogen (secondary N) is 3. The Bertz CT molecular complexity index is 2690. The number of hydrogen-bond donors (Lipinski definition) is 3. The first kappa shape index (κ1) is 42.5. The van der Waals surface area contributed by atoms with Crippen LogP contribution < -0.4 is 25.3 Å². The summed E-state index contributed by atoms with van der Waals surface area (Å²) < 4.78 is 5.24. The average molecular weight is 866 g/mol. The molecule has 2 aromatic carbocycles. The van der Waals surface area contributed by atoms with Crippen LogP contribution in [0.5, 0.6) is 0 Å². The van der Waals surface area contributed by atoms with E-state index in [1.807, 2.05) is 65.9 Å². The topological polar surface area (TPSA) is 194 Å². The number of amides is 4. The first-order valence-corrected chi connectivity index (χ1v) is 22.1. The molecule has 3 N–H and O–H groups in total. The number of benzene rings is 2. The molecule has 1 atom stereocenters. The van der Waals surface area contributed by atoms with Gasteiger partial charge in [0.15, 0.2) is 11.5 Å². The van der Waals surface area contributed by atoms with Gasteiger partial charge < -0.3 is 24.6 Å². The maximum Gasteiger partial charge on any atom is 0.328 e. The van der Waals surface area contributed by atoms with Gasteiger partial charge in [-0.15, -0.1) is 0 Å². The molecule has 4 amide bonds. The van der Waals surface area contributed by atoms with Gasteiger partial charge in [-0.2, -0.15) is 4.98 Å². The number of urea groups is 1. The van der Waals surface area contributed by atoms with Gasteiger partial charge in [-0.25, -0.2) is 24.7 Å². The Labute approximate surface area is 372 Å². The van der Waals surface area contributed by atoms with Gasteiger partial charge in [0, 0.05) is 92.9 Å². The van der Waals surface area contributed by atoms with Crippen molar-refractivity contribution in [3.05, 3.63) is 89.5 Å². The van der Waals surface area contributed by atoms with E-state index in [0.717, 1.165) is 109 Å². The highest BCUT2D eigenvalue weighted by Crippen LogP contribution is 2.32. The van der Waals surface area contributed by atoms with E-state index in [2.05, 4.69) is 80.8 Å². The third-order valence-corrected chi connectivity index (χ3v) is 12.7. The minimum absolute atomic E-state index is 0.0575. The van der Waals surface area contributed by atoms with Crippen LogP contribution in [0.15, 0.2) is 65.6 Å². The van der Waals surface area contributed by atoms with E-state index >= 15 is 0 Å². The van der Waals surface area contributed by atoms with E-state index in [9.17, 15) is 14.4 Å². The molecule has 6 aromatic rings. The second-order valence-electron chi connectivity index (χ2n) is 18.3. The number of fused-ring (bicyclic) bond motifs is 1. The van der Waals surface area contributed by atoms with Crippen molar-refractivity contribution in [1.29, 1.82) is 0 Å². The summed E-state index contributed by atoms with van der Waals surface area (Å²) in [5, 5.41) is 9.38. The van der Waals surface area contributed by atoms with Gasteiger partial charge in [0.05, 0.1) is 11.7 Å². The lowest BCUT2D eigenvalue weighted by molar-refractivity contribution is -0.120. The van der Waals surface area contributed by atoms with Crippen LogP contribution in [0.25, 0.3) is 33.8 Å². The number of nitrogens with zero attached hydrogens (tertiary/aromatic N) is 10. The molecule has 3 aliphatic rings. The highest BCUT2D eigenvalue weighted by molar-refractivity contribution is 6.06. The van der Waals surface area contributed by atoms with Gasteiger partial charge in [0.25, 0.3) is 0 Å². The van der Waals surface area contributed by atoms with Gasteiger partial charge in [0.1, 0.15) is 23.5 Å². The third kappa shape index (κ3) is 8.89. The minimum atomic E-state index is -0.420. The molecule has 7 heterocycles. The molecule has 0 aliphatic carbocycles. The zero-order chi connectivity index (χ0) is 44.7. The monoisotopic (exact) mass is 865 g/mol. The van der Waals surface area contributed by atoms with Gasteiger partial charge in [-0.05, 0) is 92.6 Å². The fourth-order valence-electron chi connectivity index (χ4n) is 8.99. The fraction of sp³-hybridized carbons (Fsp3) is 0.426. The average Bonchev–Trinajstić information content (AvgIpc) is 3.97. The lowest BCUT2D eigenvalue weighted by atomic mass is 9.95. The van der Waals surface area contributed by atoms with E-state index in [0.29, 0.717) is 36.2 Å². The van der Waals surface area contributed by atoms with Crippen molar-refractivity contribution < 1.29 is 18.9 Å². The summed E-state index contributed by atoms with van der Waals surface area (Å²) in [6, 6.07) is 15.8. The Kier molecular flexibility index (Phi) is 11.6. The summed E-state index contributed by atoms with van der Waals surface area (Å²) >= 11 is 0. The van der Waals surface area contributed by atoms with Gasteiger partial charge >= 0.3 is 17.8 Å². The van der Waals surface area contributed by atoms with Gasteiger partial charge in [-0.1, -0.05) is 38.1 Å². The van der Waals surface area contributed by atoms with Gasteiger partial charge in [0.2, 0.25) is 5.91 Å². The predicted octanol–water partition coefficient (Wildman–Crippen LogP) is 6.36. The standard InChI is InChI=1S/C47H55N13O4/c1-28-23-32(7-10-35(28)30(3)51-43(62)44-55-45(56-64-44)47(4,5)6)39-40-42(50-27-49-39)54-41(53-40)33-8-12-37(48-25-33)59-21-19-57(20-22-59)26-31-13-16-58(17-14-31)34-9-11-36(29(2)24-34)60-18-15-38(61)52-46(60)63/h7-12,23-25,27,30-31H,13-22,26H2,1-6H3,(H,51,62)(H,52,61,63)(H,49,50,53,54). The highest BCUT2D eigenvalue weighted by Gasteiger charge is 2.29. The summed E-state index contributed by atoms with van der Waals surface area (Å²) in [5.41, 5.74) is 8.49. The van der Waals surface area contributed by atoms with Crippen molar-refractivity contribution in [2.24, 2.45) is 5.92 Å². The van der Waals surface area contributed by atoms with Crippen LogP contribution in [0.3, 0.4) is 0 Å². The van der Waals surface area contributed by atoms with Crippen LogP contribution in [0.1, 0.15) is 86.2 Å². The smallest absolute Gasteiger partial charge is 0.328 e. The number of carbonyl (C=O) groups is 3. The molecule has 3 fully saturated rings. The molecule has 0 bridgehead atoms. The molecule has 0 spiro atoms. The Morgan fingerprint density at radius 2 is 1.66 bits per heavy atom. The van der Waals surface area contributed by atoms with Gasteiger partial charge in [-0.3, -0.25) is 24.7 Å². The number of piperidine rings is 1. The fourth-order valence-corrected chi connectivity index (χ4v) is 8.99. The van der Waals surface area contributed by atoms with Crippen molar-refractivity contribution in [1.82, 2.24) is 50.6 Å². The number of imidazole rings is 1. The maximum atomic E-state index is 12.9.